The first-order valence-electron chi connectivity index (χ1n) is 8.74. The standard InChI is InChI=1S/C21H13N3O2S3/c25-24(26)13-9-11-14(12-10-13)27-19(20-22-15-5-1-3-7-17(15)28-20)21-23-16-6-2-4-8-18(16)29-21/h1-12,22H/b20-19-. The van der Waals surface area contributed by atoms with Gasteiger partial charge in [0.05, 0.1) is 30.8 Å². The molecule has 0 unspecified atom stereocenters. The van der Waals surface area contributed by atoms with Gasteiger partial charge in [-0.05, 0) is 36.4 Å². The van der Waals surface area contributed by atoms with Crippen LogP contribution in [0.5, 0.6) is 0 Å². The lowest BCUT2D eigenvalue weighted by molar-refractivity contribution is -0.384. The van der Waals surface area contributed by atoms with Gasteiger partial charge < -0.3 is 5.32 Å². The Hall–Kier alpha value is -2.81. The minimum absolute atomic E-state index is 0.0873. The number of hydrogen-bond donors (Lipinski definition) is 1. The monoisotopic (exact) mass is 435 g/mol. The predicted octanol–water partition coefficient (Wildman–Crippen LogP) is 6.84. The van der Waals surface area contributed by atoms with Crippen LogP contribution in [-0.2, 0) is 0 Å². The van der Waals surface area contributed by atoms with Crippen LogP contribution in [0.1, 0.15) is 5.01 Å². The molecule has 142 valence electrons. The average molecular weight is 436 g/mol. The number of anilines is 1. The molecular weight excluding hydrogens is 422 g/mol. The molecule has 0 atom stereocenters. The zero-order valence-corrected chi connectivity index (χ0v) is 17.3. The summed E-state index contributed by atoms with van der Waals surface area (Å²) in [5.41, 5.74) is 2.13. The molecule has 0 saturated carbocycles. The summed E-state index contributed by atoms with van der Waals surface area (Å²) in [6.45, 7) is 0. The van der Waals surface area contributed by atoms with Crippen molar-refractivity contribution in [1.29, 1.82) is 0 Å². The smallest absolute Gasteiger partial charge is 0.269 e. The highest BCUT2D eigenvalue weighted by molar-refractivity contribution is 8.11. The van der Waals surface area contributed by atoms with E-state index in [0.29, 0.717) is 0 Å². The van der Waals surface area contributed by atoms with Crippen LogP contribution >= 0.6 is 34.9 Å². The topological polar surface area (TPSA) is 68.1 Å². The maximum Gasteiger partial charge on any atom is 0.269 e. The van der Waals surface area contributed by atoms with Crippen molar-refractivity contribution in [3.63, 3.8) is 0 Å². The third kappa shape index (κ3) is 3.62. The van der Waals surface area contributed by atoms with Gasteiger partial charge in [0, 0.05) is 21.9 Å². The highest BCUT2D eigenvalue weighted by Gasteiger charge is 2.23. The molecule has 0 saturated heterocycles. The molecule has 0 bridgehead atoms. The van der Waals surface area contributed by atoms with Crippen molar-refractivity contribution >= 4 is 61.4 Å². The van der Waals surface area contributed by atoms with Gasteiger partial charge in [-0.25, -0.2) is 4.98 Å². The molecule has 1 aliphatic rings. The Labute approximate surface area is 179 Å². The number of non-ortho nitro benzene ring substituents is 1. The lowest BCUT2D eigenvalue weighted by Gasteiger charge is -2.09. The lowest BCUT2D eigenvalue weighted by atomic mass is 10.3. The number of nitro groups is 1. The normalized spacial score (nSPS) is 14.5. The van der Waals surface area contributed by atoms with Crippen LogP contribution in [0, 0.1) is 10.1 Å². The number of para-hydroxylation sites is 2. The third-order valence-electron chi connectivity index (χ3n) is 4.31. The molecule has 0 amide bonds. The lowest BCUT2D eigenvalue weighted by Crippen LogP contribution is -1.93. The maximum absolute atomic E-state index is 11.0. The van der Waals surface area contributed by atoms with Gasteiger partial charge in [0.25, 0.3) is 5.69 Å². The summed E-state index contributed by atoms with van der Waals surface area (Å²) in [6.07, 6.45) is 0. The van der Waals surface area contributed by atoms with E-state index in [1.54, 1.807) is 47.0 Å². The van der Waals surface area contributed by atoms with Gasteiger partial charge in [-0.2, -0.15) is 0 Å². The van der Waals surface area contributed by atoms with Gasteiger partial charge in [0.15, 0.2) is 0 Å². The summed E-state index contributed by atoms with van der Waals surface area (Å²) in [4.78, 5) is 18.5. The zero-order chi connectivity index (χ0) is 19.8. The van der Waals surface area contributed by atoms with Crippen LogP contribution in [0.2, 0.25) is 0 Å². The van der Waals surface area contributed by atoms with Crippen molar-refractivity contribution in [2.45, 2.75) is 9.79 Å². The predicted molar refractivity (Wildman–Crippen MR) is 121 cm³/mol. The Bertz CT molecular complexity index is 1210. The molecule has 2 heterocycles. The van der Waals surface area contributed by atoms with Crippen LogP contribution in [0.15, 0.2) is 87.6 Å². The first-order valence-corrected chi connectivity index (χ1v) is 11.2. The van der Waals surface area contributed by atoms with Gasteiger partial charge in [-0.1, -0.05) is 47.8 Å². The van der Waals surface area contributed by atoms with Gasteiger partial charge in [-0.3, -0.25) is 10.1 Å². The Morgan fingerprint density at radius 1 is 1.00 bits per heavy atom. The number of nitrogens with one attached hydrogen (secondary N) is 1. The SMILES string of the molecule is O=[N+]([O-])c1ccc(S/C(=C2/Nc3ccccc3S2)c2nc3ccccc3s2)cc1. The fourth-order valence-corrected chi connectivity index (χ4v) is 6.14. The maximum atomic E-state index is 11.0. The molecule has 1 aliphatic heterocycles. The quantitative estimate of drug-likeness (QED) is 0.215. The van der Waals surface area contributed by atoms with Crippen LogP contribution < -0.4 is 5.32 Å². The van der Waals surface area contributed by atoms with E-state index in [-0.39, 0.29) is 10.6 Å². The number of fused-ring (bicyclic) bond motifs is 2. The number of aromatic nitrogens is 1. The van der Waals surface area contributed by atoms with E-state index in [2.05, 4.69) is 23.5 Å². The van der Waals surface area contributed by atoms with Crippen molar-refractivity contribution in [3.8, 4) is 0 Å². The summed E-state index contributed by atoms with van der Waals surface area (Å²) >= 11 is 4.90. The van der Waals surface area contributed by atoms with E-state index < -0.39 is 0 Å². The van der Waals surface area contributed by atoms with Crippen molar-refractivity contribution in [3.05, 3.63) is 92.9 Å². The summed E-state index contributed by atoms with van der Waals surface area (Å²) in [7, 11) is 0. The second kappa shape index (κ2) is 7.55. The van der Waals surface area contributed by atoms with Crippen LogP contribution in [-0.4, -0.2) is 9.91 Å². The molecule has 0 spiro atoms. The van der Waals surface area contributed by atoms with Gasteiger partial charge >= 0.3 is 0 Å². The third-order valence-corrected chi connectivity index (χ3v) is 7.82. The first-order chi connectivity index (χ1) is 14.2. The second-order valence-corrected chi connectivity index (χ2v) is 9.39. The summed E-state index contributed by atoms with van der Waals surface area (Å²) in [5, 5.41) is 16.4. The van der Waals surface area contributed by atoms with Crippen LogP contribution in [0.3, 0.4) is 0 Å². The Morgan fingerprint density at radius 2 is 1.76 bits per heavy atom. The second-order valence-electron chi connectivity index (χ2n) is 6.22. The van der Waals surface area contributed by atoms with E-state index in [4.69, 9.17) is 4.98 Å². The van der Waals surface area contributed by atoms with E-state index in [9.17, 15) is 10.1 Å². The minimum Gasteiger partial charge on any atom is -0.348 e. The zero-order valence-electron chi connectivity index (χ0n) is 14.9. The number of nitrogens with zero attached hydrogens (tertiary/aromatic N) is 2. The number of thioether (sulfide) groups is 2. The van der Waals surface area contributed by atoms with Crippen molar-refractivity contribution in [2.75, 3.05) is 5.32 Å². The molecule has 4 aromatic rings. The molecule has 0 aliphatic carbocycles. The van der Waals surface area contributed by atoms with E-state index in [1.807, 2.05) is 30.3 Å². The van der Waals surface area contributed by atoms with Crippen molar-refractivity contribution < 1.29 is 4.92 Å². The first kappa shape index (κ1) is 18.2. The fourth-order valence-electron chi connectivity index (χ4n) is 2.93. The summed E-state index contributed by atoms with van der Waals surface area (Å²) in [6, 6.07) is 22.9. The summed E-state index contributed by atoms with van der Waals surface area (Å²) < 4.78 is 1.13. The number of nitro benzene ring substituents is 1. The number of hydrogen-bond acceptors (Lipinski definition) is 7. The van der Waals surface area contributed by atoms with E-state index in [0.717, 1.165) is 35.7 Å². The number of thiazole rings is 1. The fraction of sp³-hybridized carbons (Fsp3) is 0. The molecule has 29 heavy (non-hydrogen) atoms. The molecule has 5 rings (SSSR count). The molecule has 3 aromatic carbocycles. The molecule has 0 radical (unpaired) electrons. The number of benzene rings is 3. The molecule has 1 aromatic heterocycles. The van der Waals surface area contributed by atoms with Crippen LogP contribution in [0.4, 0.5) is 11.4 Å². The highest BCUT2D eigenvalue weighted by atomic mass is 32.2. The molecule has 5 nitrogen and oxygen atoms in total. The largest absolute Gasteiger partial charge is 0.348 e. The van der Waals surface area contributed by atoms with Gasteiger partial charge in [0.1, 0.15) is 5.01 Å². The van der Waals surface area contributed by atoms with Crippen LogP contribution in [0.25, 0.3) is 15.1 Å². The van der Waals surface area contributed by atoms with Crippen molar-refractivity contribution in [2.24, 2.45) is 0 Å². The van der Waals surface area contributed by atoms with E-state index >= 15 is 0 Å². The van der Waals surface area contributed by atoms with Gasteiger partial charge in [-0.15, -0.1) is 11.3 Å². The molecule has 8 heteroatoms. The average Bonchev–Trinajstić information content (AvgIpc) is 3.36. The van der Waals surface area contributed by atoms with Crippen molar-refractivity contribution in [1.82, 2.24) is 4.98 Å². The Kier molecular flexibility index (Phi) is 4.75. The highest BCUT2D eigenvalue weighted by Crippen LogP contribution is 2.49. The molecule has 1 N–H and O–H groups in total. The summed E-state index contributed by atoms with van der Waals surface area (Å²) in [5.74, 6) is 0. The van der Waals surface area contributed by atoms with E-state index in [1.165, 1.54) is 17.0 Å². The Balaban J connectivity index is 1.58. The minimum atomic E-state index is -0.383. The Morgan fingerprint density at radius 3 is 2.52 bits per heavy atom. The van der Waals surface area contributed by atoms with Gasteiger partial charge in [0.2, 0.25) is 0 Å². The molecule has 0 fully saturated rings. The molecular formula is C21H13N3O2S3. The number of rotatable bonds is 4.